The fourth-order valence-corrected chi connectivity index (χ4v) is 5.61. The highest BCUT2D eigenvalue weighted by molar-refractivity contribution is 5.89. The first-order valence-corrected chi connectivity index (χ1v) is 12.9. The molecular formula is C28H44O2. The maximum atomic E-state index is 12.6. The van der Waals surface area contributed by atoms with Gasteiger partial charge in [-0.1, -0.05) is 58.6 Å². The third-order valence-corrected chi connectivity index (χ3v) is 7.93. The summed E-state index contributed by atoms with van der Waals surface area (Å²) in [5.74, 6) is 3.17. The van der Waals surface area contributed by atoms with Crippen LogP contribution in [-0.2, 0) is 4.74 Å². The molecule has 1 atom stereocenters. The van der Waals surface area contributed by atoms with Crippen LogP contribution in [0, 0.1) is 17.8 Å². The molecule has 0 N–H and O–H groups in total. The van der Waals surface area contributed by atoms with Crippen molar-refractivity contribution in [2.75, 3.05) is 0 Å². The van der Waals surface area contributed by atoms with Crippen molar-refractivity contribution in [3.05, 3.63) is 35.4 Å². The first-order valence-electron chi connectivity index (χ1n) is 12.9. The number of benzene rings is 1. The number of hydrogen-bond acceptors (Lipinski definition) is 2. The zero-order valence-electron chi connectivity index (χ0n) is 19.7. The van der Waals surface area contributed by atoms with Crippen LogP contribution in [0.2, 0.25) is 0 Å². The molecule has 0 saturated heterocycles. The molecule has 1 aromatic rings. The van der Waals surface area contributed by atoms with Gasteiger partial charge in [0.2, 0.25) is 0 Å². The van der Waals surface area contributed by atoms with Gasteiger partial charge in [0.25, 0.3) is 0 Å². The highest BCUT2D eigenvalue weighted by atomic mass is 16.5. The number of carbonyl (C=O) groups excluding carboxylic acids is 1. The van der Waals surface area contributed by atoms with Gasteiger partial charge in [0.1, 0.15) is 6.10 Å². The van der Waals surface area contributed by atoms with E-state index in [-0.39, 0.29) is 12.1 Å². The number of unbranched alkanes of at least 4 members (excludes halogenated alkanes) is 1. The van der Waals surface area contributed by atoms with Crippen molar-refractivity contribution in [3.8, 4) is 0 Å². The van der Waals surface area contributed by atoms with Gasteiger partial charge in [0.15, 0.2) is 0 Å². The monoisotopic (exact) mass is 412 g/mol. The largest absolute Gasteiger partial charge is 0.459 e. The highest BCUT2D eigenvalue weighted by Gasteiger charge is 2.25. The van der Waals surface area contributed by atoms with E-state index in [0.717, 1.165) is 36.2 Å². The normalized spacial score (nSPS) is 28.1. The molecule has 2 aliphatic rings. The average molecular weight is 413 g/mol. The van der Waals surface area contributed by atoms with Crippen molar-refractivity contribution in [1.82, 2.24) is 0 Å². The minimum absolute atomic E-state index is 0.121. The maximum Gasteiger partial charge on any atom is 0.338 e. The van der Waals surface area contributed by atoms with Crippen LogP contribution in [0.1, 0.15) is 126 Å². The molecular weight excluding hydrogens is 368 g/mol. The molecule has 2 saturated carbocycles. The smallest absolute Gasteiger partial charge is 0.338 e. The van der Waals surface area contributed by atoms with Crippen LogP contribution >= 0.6 is 0 Å². The fraction of sp³-hybridized carbons (Fsp3) is 0.750. The Morgan fingerprint density at radius 2 is 1.57 bits per heavy atom. The zero-order valence-corrected chi connectivity index (χ0v) is 19.7. The average Bonchev–Trinajstić information content (AvgIpc) is 2.79. The summed E-state index contributed by atoms with van der Waals surface area (Å²) < 4.78 is 5.84. The van der Waals surface area contributed by atoms with Crippen LogP contribution in [0.5, 0.6) is 0 Å². The Labute approximate surface area is 185 Å². The van der Waals surface area contributed by atoms with Gasteiger partial charge in [-0.2, -0.15) is 0 Å². The Kier molecular flexibility index (Phi) is 9.27. The standard InChI is InChI=1S/C28H44O2/c1-4-6-7-22-10-18-27(19-11-22)30-28(29)26-16-14-25(15-17-26)24-12-8-23(9-13-24)20-21(3)5-2/h14-17,21-24,27H,4-13,18-20H2,1-3H3. The lowest BCUT2D eigenvalue weighted by Gasteiger charge is -2.30. The van der Waals surface area contributed by atoms with Crippen molar-refractivity contribution in [1.29, 1.82) is 0 Å². The fourth-order valence-electron chi connectivity index (χ4n) is 5.61. The quantitative estimate of drug-likeness (QED) is 0.381. The van der Waals surface area contributed by atoms with Crippen LogP contribution < -0.4 is 0 Å². The van der Waals surface area contributed by atoms with Gasteiger partial charge in [-0.3, -0.25) is 0 Å². The number of ether oxygens (including phenoxy) is 1. The molecule has 0 aromatic heterocycles. The summed E-state index contributed by atoms with van der Waals surface area (Å²) >= 11 is 0. The lowest BCUT2D eigenvalue weighted by Crippen LogP contribution is -2.24. The Balaban J connectivity index is 1.43. The predicted molar refractivity (Wildman–Crippen MR) is 126 cm³/mol. The van der Waals surface area contributed by atoms with Crippen molar-refractivity contribution >= 4 is 5.97 Å². The Bertz CT molecular complexity index is 619. The summed E-state index contributed by atoms with van der Waals surface area (Å²) in [6.07, 6.45) is 16.6. The molecule has 0 amide bonds. The SMILES string of the molecule is CCCCC1CCC(OC(=O)c2ccc(C3CCC(CC(C)CC)CC3)cc2)CC1. The molecule has 168 valence electrons. The Morgan fingerprint density at radius 1 is 0.933 bits per heavy atom. The highest BCUT2D eigenvalue weighted by Crippen LogP contribution is 2.38. The van der Waals surface area contributed by atoms with Crippen LogP contribution in [0.3, 0.4) is 0 Å². The van der Waals surface area contributed by atoms with Gasteiger partial charge in [-0.15, -0.1) is 0 Å². The minimum Gasteiger partial charge on any atom is -0.459 e. The lowest BCUT2D eigenvalue weighted by molar-refractivity contribution is 0.0161. The number of esters is 1. The van der Waals surface area contributed by atoms with Gasteiger partial charge in [-0.25, -0.2) is 4.79 Å². The summed E-state index contributed by atoms with van der Waals surface area (Å²) in [6.45, 7) is 6.96. The van der Waals surface area contributed by atoms with E-state index in [2.05, 4.69) is 32.9 Å². The second kappa shape index (κ2) is 11.9. The summed E-state index contributed by atoms with van der Waals surface area (Å²) in [6, 6.07) is 8.35. The topological polar surface area (TPSA) is 26.3 Å². The summed E-state index contributed by atoms with van der Waals surface area (Å²) in [4.78, 5) is 12.6. The van der Waals surface area contributed by atoms with E-state index in [1.54, 1.807) is 0 Å². The first-order chi connectivity index (χ1) is 14.6. The molecule has 2 fully saturated rings. The van der Waals surface area contributed by atoms with Gasteiger partial charge in [0.05, 0.1) is 5.56 Å². The summed E-state index contributed by atoms with van der Waals surface area (Å²) in [5, 5.41) is 0. The zero-order chi connectivity index (χ0) is 21.3. The van der Waals surface area contributed by atoms with Gasteiger partial charge < -0.3 is 4.74 Å². The maximum absolute atomic E-state index is 12.6. The number of carbonyl (C=O) groups is 1. The van der Waals surface area contributed by atoms with E-state index in [4.69, 9.17) is 4.74 Å². The van der Waals surface area contributed by atoms with Crippen molar-refractivity contribution in [2.45, 2.75) is 116 Å². The molecule has 1 unspecified atom stereocenters. The molecule has 0 aliphatic heterocycles. The van der Waals surface area contributed by atoms with Gasteiger partial charge in [0, 0.05) is 0 Å². The molecule has 2 aliphatic carbocycles. The molecule has 3 rings (SSSR count). The van der Waals surface area contributed by atoms with E-state index in [1.807, 2.05) is 12.1 Å². The number of rotatable bonds is 9. The van der Waals surface area contributed by atoms with Crippen molar-refractivity contribution in [3.63, 3.8) is 0 Å². The number of hydrogen-bond donors (Lipinski definition) is 0. The third-order valence-electron chi connectivity index (χ3n) is 7.93. The Hall–Kier alpha value is -1.31. The van der Waals surface area contributed by atoms with Gasteiger partial charge in [-0.05, 0) is 99.2 Å². The van der Waals surface area contributed by atoms with E-state index in [1.165, 1.54) is 76.2 Å². The molecule has 2 heteroatoms. The van der Waals surface area contributed by atoms with Crippen LogP contribution in [-0.4, -0.2) is 12.1 Å². The molecule has 30 heavy (non-hydrogen) atoms. The second-order valence-corrected chi connectivity index (χ2v) is 10.3. The molecule has 1 aromatic carbocycles. The van der Waals surface area contributed by atoms with E-state index in [9.17, 15) is 4.79 Å². The van der Waals surface area contributed by atoms with Crippen molar-refractivity contribution < 1.29 is 9.53 Å². The van der Waals surface area contributed by atoms with Gasteiger partial charge >= 0.3 is 5.97 Å². The molecule has 0 bridgehead atoms. The molecule has 0 heterocycles. The van der Waals surface area contributed by atoms with Crippen LogP contribution in [0.25, 0.3) is 0 Å². The molecule has 0 radical (unpaired) electrons. The lowest BCUT2D eigenvalue weighted by atomic mass is 9.75. The van der Waals surface area contributed by atoms with Crippen molar-refractivity contribution in [2.24, 2.45) is 17.8 Å². The minimum atomic E-state index is -0.129. The van der Waals surface area contributed by atoms with Crippen LogP contribution in [0.4, 0.5) is 0 Å². The predicted octanol–water partition coefficient (Wildman–Crippen LogP) is 8.30. The summed E-state index contributed by atoms with van der Waals surface area (Å²) in [7, 11) is 0. The molecule has 0 spiro atoms. The summed E-state index contributed by atoms with van der Waals surface area (Å²) in [5.41, 5.74) is 2.13. The van der Waals surface area contributed by atoms with E-state index in [0.29, 0.717) is 5.92 Å². The molecule has 2 nitrogen and oxygen atoms in total. The first kappa shape index (κ1) is 23.4. The second-order valence-electron chi connectivity index (χ2n) is 10.3. The van der Waals surface area contributed by atoms with E-state index < -0.39 is 0 Å². The van der Waals surface area contributed by atoms with E-state index >= 15 is 0 Å². The Morgan fingerprint density at radius 3 is 2.17 bits per heavy atom. The van der Waals surface area contributed by atoms with Crippen LogP contribution in [0.15, 0.2) is 24.3 Å². The third kappa shape index (κ3) is 6.86.